The molecule has 3 rings (SSSR count). The number of amides is 2. The first-order valence-corrected chi connectivity index (χ1v) is 9.78. The van der Waals surface area contributed by atoms with Gasteiger partial charge in [0.05, 0.1) is 6.61 Å². The number of piperidine rings is 1. The number of carbonyl (C=O) groups is 2. The summed E-state index contributed by atoms with van der Waals surface area (Å²) < 4.78 is 5.84. The van der Waals surface area contributed by atoms with E-state index in [2.05, 4.69) is 37.9 Å². The third kappa shape index (κ3) is 4.59. The fraction of sp³-hybridized carbons (Fsp3) is 0.545. The minimum absolute atomic E-state index is 0.00587. The topological polar surface area (TPSA) is 58.6 Å². The lowest BCUT2D eigenvalue weighted by Crippen LogP contribution is -2.49. The maximum Gasteiger partial charge on any atom is 0.252 e. The summed E-state index contributed by atoms with van der Waals surface area (Å²) in [5, 5.41) is 2.91. The molecular weight excluding hydrogens is 340 g/mol. The molecule has 0 aliphatic carbocycles. The van der Waals surface area contributed by atoms with Gasteiger partial charge in [-0.25, -0.2) is 0 Å². The minimum Gasteiger partial charge on any atom is -0.363 e. The second-order valence-corrected chi connectivity index (χ2v) is 8.28. The third-order valence-electron chi connectivity index (χ3n) is 6.05. The highest BCUT2D eigenvalue weighted by molar-refractivity contribution is 5.86. The number of ether oxygens (including phenoxy) is 1. The molecule has 2 aliphatic heterocycles. The van der Waals surface area contributed by atoms with Crippen LogP contribution in [0.2, 0.25) is 0 Å². The van der Waals surface area contributed by atoms with E-state index in [1.54, 1.807) is 0 Å². The highest BCUT2D eigenvalue weighted by atomic mass is 16.5. The SMILES string of the molecule is C=CC(=O)NCC(C)(C)C1CCN(C(=O)C2Cc3ccccc3CO2)CC1. The van der Waals surface area contributed by atoms with Crippen molar-refractivity contribution in [3.8, 4) is 0 Å². The third-order valence-corrected chi connectivity index (χ3v) is 6.05. The Bertz CT molecular complexity index is 705. The van der Waals surface area contributed by atoms with Crippen molar-refractivity contribution in [1.29, 1.82) is 0 Å². The molecule has 0 bridgehead atoms. The van der Waals surface area contributed by atoms with Gasteiger partial charge in [-0.3, -0.25) is 9.59 Å². The van der Waals surface area contributed by atoms with Gasteiger partial charge >= 0.3 is 0 Å². The van der Waals surface area contributed by atoms with E-state index < -0.39 is 0 Å². The molecule has 0 spiro atoms. The van der Waals surface area contributed by atoms with Crippen LogP contribution < -0.4 is 5.32 Å². The van der Waals surface area contributed by atoms with Gasteiger partial charge in [0.1, 0.15) is 6.10 Å². The Labute approximate surface area is 161 Å². The highest BCUT2D eigenvalue weighted by Crippen LogP contribution is 2.35. The molecule has 5 nitrogen and oxygen atoms in total. The zero-order valence-corrected chi connectivity index (χ0v) is 16.4. The van der Waals surface area contributed by atoms with Crippen molar-refractivity contribution in [2.45, 2.75) is 45.8 Å². The number of hydrogen-bond acceptors (Lipinski definition) is 3. The number of fused-ring (bicyclic) bond motifs is 1. The van der Waals surface area contributed by atoms with E-state index in [-0.39, 0.29) is 23.3 Å². The number of hydrogen-bond donors (Lipinski definition) is 1. The summed E-state index contributed by atoms with van der Waals surface area (Å²) in [5.74, 6) is 0.450. The molecule has 2 heterocycles. The standard InChI is InChI=1S/C22H30N2O3/c1-4-20(25)23-15-22(2,3)18-9-11-24(12-10-18)21(26)19-13-16-7-5-6-8-17(16)14-27-19/h4-8,18-19H,1,9-15H2,2-3H3,(H,23,25). The summed E-state index contributed by atoms with van der Waals surface area (Å²) in [6.07, 6.45) is 3.50. The smallest absolute Gasteiger partial charge is 0.252 e. The molecule has 1 fully saturated rings. The Kier molecular flexibility index (Phi) is 6.00. The van der Waals surface area contributed by atoms with Crippen molar-refractivity contribution < 1.29 is 14.3 Å². The normalized spacial score (nSPS) is 20.7. The van der Waals surface area contributed by atoms with E-state index in [1.807, 2.05) is 17.0 Å². The van der Waals surface area contributed by atoms with Gasteiger partial charge in [0.2, 0.25) is 5.91 Å². The Morgan fingerprint density at radius 2 is 1.93 bits per heavy atom. The molecule has 2 aliphatic rings. The Morgan fingerprint density at radius 3 is 2.59 bits per heavy atom. The molecule has 0 aromatic heterocycles. The van der Waals surface area contributed by atoms with Crippen LogP contribution in [0.3, 0.4) is 0 Å². The quantitative estimate of drug-likeness (QED) is 0.811. The van der Waals surface area contributed by atoms with Gasteiger partial charge < -0.3 is 15.0 Å². The van der Waals surface area contributed by atoms with Crippen LogP contribution in [-0.4, -0.2) is 42.5 Å². The summed E-state index contributed by atoms with van der Waals surface area (Å²) in [7, 11) is 0. The van der Waals surface area contributed by atoms with Crippen LogP contribution in [0.1, 0.15) is 37.8 Å². The predicted octanol–water partition coefficient (Wildman–Crippen LogP) is 2.69. The van der Waals surface area contributed by atoms with E-state index in [0.717, 1.165) is 25.9 Å². The van der Waals surface area contributed by atoms with Gasteiger partial charge in [-0.05, 0) is 41.4 Å². The van der Waals surface area contributed by atoms with Crippen LogP contribution in [-0.2, 0) is 27.4 Å². The maximum absolute atomic E-state index is 12.9. The average Bonchev–Trinajstić information content (AvgIpc) is 2.71. The highest BCUT2D eigenvalue weighted by Gasteiger charge is 2.36. The van der Waals surface area contributed by atoms with Crippen LogP contribution in [0, 0.1) is 11.3 Å². The van der Waals surface area contributed by atoms with E-state index in [4.69, 9.17) is 4.74 Å². The number of benzene rings is 1. The van der Waals surface area contributed by atoms with Gasteiger partial charge in [-0.15, -0.1) is 0 Å². The Hall–Kier alpha value is -2.14. The lowest BCUT2D eigenvalue weighted by atomic mass is 9.73. The summed E-state index contributed by atoms with van der Waals surface area (Å²) >= 11 is 0. The van der Waals surface area contributed by atoms with Crippen molar-refractivity contribution in [3.63, 3.8) is 0 Å². The molecule has 1 unspecified atom stereocenters. The van der Waals surface area contributed by atoms with E-state index in [9.17, 15) is 9.59 Å². The lowest BCUT2D eigenvalue weighted by molar-refractivity contribution is -0.147. The zero-order chi connectivity index (χ0) is 19.4. The molecule has 0 radical (unpaired) electrons. The summed E-state index contributed by atoms with van der Waals surface area (Å²) in [6, 6.07) is 8.18. The van der Waals surface area contributed by atoms with Crippen LogP contribution in [0.4, 0.5) is 0 Å². The summed E-state index contributed by atoms with van der Waals surface area (Å²) in [6.45, 7) is 10.5. The summed E-state index contributed by atoms with van der Waals surface area (Å²) in [4.78, 5) is 26.3. The predicted molar refractivity (Wildman–Crippen MR) is 105 cm³/mol. The van der Waals surface area contributed by atoms with Crippen LogP contribution in [0.25, 0.3) is 0 Å². The molecule has 2 amide bonds. The molecule has 1 atom stereocenters. The van der Waals surface area contributed by atoms with Gasteiger partial charge in [0.15, 0.2) is 0 Å². The van der Waals surface area contributed by atoms with Gasteiger partial charge in [0.25, 0.3) is 5.91 Å². The molecule has 27 heavy (non-hydrogen) atoms. The number of nitrogens with zero attached hydrogens (tertiary/aromatic N) is 1. The Balaban J connectivity index is 1.52. The van der Waals surface area contributed by atoms with E-state index in [1.165, 1.54) is 17.2 Å². The van der Waals surface area contributed by atoms with Crippen LogP contribution in [0.15, 0.2) is 36.9 Å². The number of nitrogens with one attached hydrogen (secondary N) is 1. The lowest BCUT2D eigenvalue weighted by Gasteiger charge is -2.41. The maximum atomic E-state index is 12.9. The van der Waals surface area contributed by atoms with Crippen LogP contribution in [0.5, 0.6) is 0 Å². The molecule has 5 heteroatoms. The Morgan fingerprint density at radius 1 is 1.26 bits per heavy atom. The van der Waals surface area contributed by atoms with Gasteiger partial charge in [-0.1, -0.05) is 44.7 Å². The van der Waals surface area contributed by atoms with Gasteiger partial charge in [0, 0.05) is 26.1 Å². The van der Waals surface area contributed by atoms with Crippen molar-refractivity contribution in [3.05, 3.63) is 48.0 Å². The molecule has 1 aromatic carbocycles. The molecule has 0 saturated carbocycles. The largest absolute Gasteiger partial charge is 0.363 e. The van der Waals surface area contributed by atoms with Crippen molar-refractivity contribution >= 4 is 11.8 Å². The van der Waals surface area contributed by atoms with Crippen molar-refractivity contribution in [1.82, 2.24) is 10.2 Å². The molecule has 1 N–H and O–H groups in total. The second kappa shape index (κ2) is 8.26. The first-order chi connectivity index (χ1) is 12.9. The van der Waals surface area contributed by atoms with Crippen LogP contribution >= 0.6 is 0 Å². The second-order valence-electron chi connectivity index (χ2n) is 8.28. The monoisotopic (exact) mass is 370 g/mol. The van der Waals surface area contributed by atoms with Gasteiger partial charge in [-0.2, -0.15) is 0 Å². The fourth-order valence-corrected chi connectivity index (χ4v) is 4.12. The average molecular weight is 370 g/mol. The molecule has 1 aromatic rings. The zero-order valence-electron chi connectivity index (χ0n) is 16.4. The van der Waals surface area contributed by atoms with Crippen molar-refractivity contribution in [2.75, 3.05) is 19.6 Å². The van der Waals surface area contributed by atoms with E-state index >= 15 is 0 Å². The minimum atomic E-state index is -0.365. The molecule has 1 saturated heterocycles. The summed E-state index contributed by atoms with van der Waals surface area (Å²) in [5.41, 5.74) is 2.40. The molecule has 146 valence electrons. The molecular formula is C22H30N2O3. The van der Waals surface area contributed by atoms with Crippen molar-refractivity contribution in [2.24, 2.45) is 11.3 Å². The first-order valence-electron chi connectivity index (χ1n) is 9.78. The first kappa shape index (κ1) is 19.6. The number of likely N-dealkylation sites (tertiary alicyclic amines) is 1. The fourth-order valence-electron chi connectivity index (χ4n) is 4.12. The number of carbonyl (C=O) groups excluding carboxylic acids is 2. The number of rotatable bonds is 5. The van der Waals surface area contributed by atoms with E-state index in [0.29, 0.717) is 25.5 Å².